The molecule has 86 valence electrons. The number of carbonyl (C=O) groups is 1. The van der Waals surface area contributed by atoms with Crippen LogP contribution in [0.4, 0.5) is 0 Å². The first-order valence-corrected chi connectivity index (χ1v) is 5.68. The van der Waals surface area contributed by atoms with Crippen LogP contribution in [-0.2, 0) is 17.8 Å². The lowest BCUT2D eigenvalue weighted by Gasteiger charge is -2.27. The number of primary amides is 1. The molecule has 0 fully saturated rings. The molecule has 2 rings (SSSR count). The molecule has 1 aliphatic rings. The van der Waals surface area contributed by atoms with E-state index in [0.717, 1.165) is 10.6 Å². The van der Waals surface area contributed by atoms with Crippen molar-refractivity contribution in [2.24, 2.45) is 5.73 Å². The molecule has 0 saturated heterocycles. The van der Waals surface area contributed by atoms with Crippen LogP contribution in [0.25, 0.3) is 0 Å². The fourth-order valence-electron chi connectivity index (χ4n) is 2.22. The highest BCUT2D eigenvalue weighted by atomic mass is 35.5. The Morgan fingerprint density at radius 1 is 1.50 bits per heavy atom. The molecule has 0 bridgehead atoms. The number of hydrogen-bond donors (Lipinski definition) is 2. The van der Waals surface area contributed by atoms with Gasteiger partial charge in [0.15, 0.2) is 0 Å². The molecule has 16 heavy (non-hydrogen) atoms. The van der Waals surface area contributed by atoms with E-state index in [1.165, 1.54) is 16.7 Å². The molecule has 4 heteroatoms. The van der Waals surface area contributed by atoms with Gasteiger partial charge in [0.2, 0.25) is 5.91 Å². The number of aryl methyl sites for hydroxylation is 1. The molecule has 1 unspecified atom stereocenters. The van der Waals surface area contributed by atoms with Crippen LogP contribution in [0.2, 0.25) is 5.02 Å². The quantitative estimate of drug-likeness (QED) is 0.778. The van der Waals surface area contributed by atoms with Crippen LogP contribution in [0.3, 0.4) is 0 Å². The van der Waals surface area contributed by atoms with Gasteiger partial charge in [-0.1, -0.05) is 11.6 Å². The molecule has 1 aromatic rings. The standard InChI is InChI=1S/C12H15ClN2O/c1-6-3-10(13)7(2)8-4-11(12(14)16)15-5-9(6)8/h3,11,15H,4-5H2,1-2H3,(H2,14,16). The lowest BCUT2D eigenvalue weighted by atomic mass is 9.89. The third-order valence-electron chi connectivity index (χ3n) is 3.27. The fourth-order valence-corrected chi connectivity index (χ4v) is 2.50. The van der Waals surface area contributed by atoms with E-state index >= 15 is 0 Å². The highest BCUT2D eigenvalue weighted by Gasteiger charge is 2.25. The average molecular weight is 239 g/mol. The van der Waals surface area contributed by atoms with Gasteiger partial charge in [0.05, 0.1) is 6.04 Å². The molecule has 1 atom stereocenters. The van der Waals surface area contributed by atoms with Crippen molar-refractivity contribution in [1.29, 1.82) is 0 Å². The third-order valence-corrected chi connectivity index (χ3v) is 3.66. The van der Waals surface area contributed by atoms with Gasteiger partial charge >= 0.3 is 0 Å². The first kappa shape index (κ1) is 11.4. The minimum absolute atomic E-state index is 0.274. The summed E-state index contributed by atoms with van der Waals surface area (Å²) >= 11 is 6.14. The number of benzene rings is 1. The minimum Gasteiger partial charge on any atom is -0.368 e. The van der Waals surface area contributed by atoms with Gasteiger partial charge in [0, 0.05) is 11.6 Å². The number of nitrogens with one attached hydrogen (secondary N) is 1. The summed E-state index contributed by atoms with van der Waals surface area (Å²) in [6, 6.07) is 1.70. The Labute approximate surface area is 100.0 Å². The van der Waals surface area contributed by atoms with Gasteiger partial charge in [-0.25, -0.2) is 0 Å². The zero-order valence-electron chi connectivity index (χ0n) is 9.43. The number of fused-ring (bicyclic) bond motifs is 1. The Balaban J connectivity index is 2.48. The van der Waals surface area contributed by atoms with Gasteiger partial charge < -0.3 is 11.1 Å². The molecule has 0 spiro atoms. The number of halogens is 1. The molecule has 0 aliphatic carbocycles. The van der Waals surface area contributed by atoms with E-state index in [1.807, 2.05) is 19.9 Å². The van der Waals surface area contributed by atoms with Crippen molar-refractivity contribution in [3.05, 3.63) is 33.3 Å². The second-order valence-corrected chi connectivity index (χ2v) is 4.70. The van der Waals surface area contributed by atoms with Crippen LogP contribution in [-0.4, -0.2) is 11.9 Å². The maximum Gasteiger partial charge on any atom is 0.234 e. The molecular formula is C12H15ClN2O. The van der Waals surface area contributed by atoms with Crippen molar-refractivity contribution in [3.8, 4) is 0 Å². The molecule has 3 N–H and O–H groups in total. The molecule has 1 heterocycles. The molecule has 0 saturated carbocycles. The van der Waals surface area contributed by atoms with E-state index in [4.69, 9.17) is 17.3 Å². The molecule has 1 amide bonds. The van der Waals surface area contributed by atoms with Crippen LogP contribution >= 0.6 is 11.6 Å². The van der Waals surface area contributed by atoms with Crippen molar-refractivity contribution < 1.29 is 4.79 Å². The van der Waals surface area contributed by atoms with E-state index in [1.54, 1.807) is 0 Å². The zero-order valence-corrected chi connectivity index (χ0v) is 10.2. The predicted octanol–water partition coefficient (Wildman–Crippen LogP) is 1.46. The minimum atomic E-state index is -0.303. The molecular weight excluding hydrogens is 224 g/mol. The Morgan fingerprint density at radius 2 is 2.19 bits per heavy atom. The van der Waals surface area contributed by atoms with E-state index in [-0.39, 0.29) is 11.9 Å². The van der Waals surface area contributed by atoms with Crippen molar-refractivity contribution in [2.75, 3.05) is 0 Å². The second kappa shape index (κ2) is 4.07. The van der Waals surface area contributed by atoms with Crippen LogP contribution in [0.15, 0.2) is 6.07 Å². The van der Waals surface area contributed by atoms with Crippen molar-refractivity contribution in [2.45, 2.75) is 32.9 Å². The Morgan fingerprint density at radius 3 is 2.81 bits per heavy atom. The largest absolute Gasteiger partial charge is 0.368 e. The highest BCUT2D eigenvalue weighted by molar-refractivity contribution is 6.31. The molecule has 1 aromatic carbocycles. The molecule has 0 aromatic heterocycles. The number of amides is 1. The number of nitrogens with two attached hydrogens (primary N) is 1. The molecule has 3 nitrogen and oxygen atoms in total. The van der Waals surface area contributed by atoms with Crippen molar-refractivity contribution >= 4 is 17.5 Å². The van der Waals surface area contributed by atoms with E-state index in [2.05, 4.69) is 5.32 Å². The van der Waals surface area contributed by atoms with Gasteiger partial charge in [0.1, 0.15) is 0 Å². The average Bonchev–Trinajstić information content (AvgIpc) is 2.25. The molecule has 0 radical (unpaired) electrons. The normalized spacial score (nSPS) is 19.3. The van der Waals surface area contributed by atoms with Crippen LogP contribution in [0.5, 0.6) is 0 Å². The Kier molecular flexibility index (Phi) is 2.91. The summed E-state index contributed by atoms with van der Waals surface area (Å²) in [4.78, 5) is 11.2. The summed E-state index contributed by atoms with van der Waals surface area (Å²) in [5.74, 6) is -0.303. The number of carbonyl (C=O) groups excluding carboxylic acids is 1. The number of hydrogen-bond acceptors (Lipinski definition) is 2. The Hall–Kier alpha value is -1.06. The van der Waals surface area contributed by atoms with Crippen LogP contribution in [0.1, 0.15) is 22.3 Å². The van der Waals surface area contributed by atoms with Gasteiger partial charge in [-0.2, -0.15) is 0 Å². The topological polar surface area (TPSA) is 55.1 Å². The van der Waals surface area contributed by atoms with Crippen molar-refractivity contribution in [3.63, 3.8) is 0 Å². The fraction of sp³-hybridized carbons (Fsp3) is 0.417. The Bertz CT molecular complexity index is 457. The summed E-state index contributed by atoms with van der Waals surface area (Å²) in [5, 5.41) is 3.91. The van der Waals surface area contributed by atoms with Gasteiger partial charge in [0.25, 0.3) is 0 Å². The summed E-state index contributed by atoms with van der Waals surface area (Å²) in [5.41, 5.74) is 9.97. The van der Waals surface area contributed by atoms with Gasteiger partial charge in [-0.3, -0.25) is 4.79 Å². The van der Waals surface area contributed by atoms with E-state index in [9.17, 15) is 4.79 Å². The smallest absolute Gasteiger partial charge is 0.234 e. The van der Waals surface area contributed by atoms with Gasteiger partial charge in [-0.05, 0) is 48.6 Å². The number of rotatable bonds is 1. The van der Waals surface area contributed by atoms with Crippen molar-refractivity contribution in [1.82, 2.24) is 5.32 Å². The lowest BCUT2D eigenvalue weighted by molar-refractivity contribution is -0.120. The maximum absolute atomic E-state index is 11.2. The molecule has 1 aliphatic heterocycles. The first-order chi connectivity index (χ1) is 7.50. The van der Waals surface area contributed by atoms with E-state index < -0.39 is 0 Å². The predicted molar refractivity (Wildman–Crippen MR) is 64.5 cm³/mol. The zero-order chi connectivity index (χ0) is 11.9. The highest BCUT2D eigenvalue weighted by Crippen LogP contribution is 2.29. The van der Waals surface area contributed by atoms with Crippen LogP contribution < -0.4 is 11.1 Å². The summed E-state index contributed by atoms with van der Waals surface area (Å²) in [6.07, 6.45) is 0.637. The summed E-state index contributed by atoms with van der Waals surface area (Å²) in [6.45, 7) is 4.72. The van der Waals surface area contributed by atoms with Gasteiger partial charge in [-0.15, -0.1) is 0 Å². The summed E-state index contributed by atoms with van der Waals surface area (Å²) in [7, 11) is 0. The first-order valence-electron chi connectivity index (χ1n) is 5.31. The monoisotopic (exact) mass is 238 g/mol. The summed E-state index contributed by atoms with van der Waals surface area (Å²) < 4.78 is 0. The maximum atomic E-state index is 11.2. The third kappa shape index (κ3) is 1.81. The van der Waals surface area contributed by atoms with E-state index in [0.29, 0.717) is 13.0 Å². The van der Waals surface area contributed by atoms with Crippen LogP contribution in [0, 0.1) is 13.8 Å². The SMILES string of the molecule is Cc1cc(Cl)c(C)c2c1CNC(C(N)=O)C2. The second-order valence-electron chi connectivity index (χ2n) is 4.30. The lowest BCUT2D eigenvalue weighted by Crippen LogP contribution is -2.45.